The summed E-state index contributed by atoms with van der Waals surface area (Å²) in [5.41, 5.74) is 2.79. The maximum atomic E-state index is 14.1. The molecule has 2 aliphatic rings. The molecule has 2 heterocycles. The number of amides is 4. The molecule has 1 fully saturated rings. The number of benzene rings is 3. The van der Waals surface area contributed by atoms with Crippen LogP contribution < -0.4 is 10.1 Å². The molecule has 1 saturated heterocycles. The number of hydrogen-bond acceptors (Lipinski definition) is 6. The van der Waals surface area contributed by atoms with E-state index in [1.54, 1.807) is 30.3 Å². The lowest BCUT2D eigenvalue weighted by Gasteiger charge is -2.33. The first-order valence-corrected chi connectivity index (χ1v) is 13.7. The normalized spacial score (nSPS) is 16.8. The molecule has 212 valence electrons. The van der Waals surface area contributed by atoms with Crippen LogP contribution in [-0.4, -0.2) is 66.3 Å². The minimum absolute atomic E-state index is 0.0118. The quantitative estimate of drug-likeness (QED) is 0.383. The molecule has 0 spiro atoms. The van der Waals surface area contributed by atoms with E-state index in [0.29, 0.717) is 30.0 Å². The molecule has 0 aromatic heterocycles. The van der Waals surface area contributed by atoms with Gasteiger partial charge in [-0.15, -0.1) is 0 Å². The Bertz CT molecular complexity index is 1410. The van der Waals surface area contributed by atoms with E-state index in [1.807, 2.05) is 49.4 Å². The number of carbonyl (C=O) groups is 4. The van der Waals surface area contributed by atoms with E-state index in [4.69, 9.17) is 9.47 Å². The first kappa shape index (κ1) is 28.0. The van der Waals surface area contributed by atoms with Crippen LogP contribution in [0.1, 0.15) is 56.3 Å². The number of rotatable bonds is 10. The van der Waals surface area contributed by atoms with Gasteiger partial charge in [-0.3, -0.25) is 24.1 Å². The SMILES string of the molecule is COc1ccccc1CN(C(=O)CN1C(=O)c2ccccc2C1=O)C(C(=O)NCC1CCCO1)c1ccc(C)cc1. The molecule has 9 heteroatoms. The van der Waals surface area contributed by atoms with Crippen LogP contribution in [0.2, 0.25) is 0 Å². The van der Waals surface area contributed by atoms with Gasteiger partial charge in [-0.05, 0) is 43.5 Å². The molecule has 5 rings (SSSR count). The monoisotopic (exact) mass is 555 g/mol. The number of nitrogens with one attached hydrogen (secondary N) is 1. The first-order chi connectivity index (χ1) is 19.9. The average Bonchev–Trinajstić information content (AvgIpc) is 3.60. The molecular formula is C32H33N3O6. The van der Waals surface area contributed by atoms with E-state index in [0.717, 1.165) is 23.3 Å². The van der Waals surface area contributed by atoms with E-state index in [9.17, 15) is 19.2 Å². The van der Waals surface area contributed by atoms with Gasteiger partial charge in [-0.2, -0.15) is 0 Å². The summed E-state index contributed by atoms with van der Waals surface area (Å²) >= 11 is 0. The summed E-state index contributed by atoms with van der Waals surface area (Å²) in [5.74, 6) is -1.46. The van der Waals surface area contributed by atoms with Crippen molar-refractivity contribution in [1.29, 1.82) is 0 Å². The zero-order chi connectivity index (χ0) is 28.9. The van der Waals surface area contributed by atoms with Crippen molar-refractivity contribution in [3.05, 3.63) is 101 Å². The van der Waals surface area contributed by atoms with Crippen molar-refractivity contribution in [2.24, 2.45) is 0 Å². The molecule has 0 aliphatic carbocycles. The van der Waals surface area contributed by atoms with Crippen LogP contribution in [0.25, 0.3) is 0 Å². The minimum atomic E-state index is -1.04. The van der Waals surface area contributed by atoms with Crippen molar-refractivity contribution in [3.63, 3.8) is 0 Å². The molecule has 0 radical (unpaired) electrons. The highest BCUT2D eigenvalue weighted by Crippen LogP contribution is 2.29. The number of carbonyl (C=O) groups excluding carboxylic acids is 4. The van der Waals surface area contributed by atoms with E-state index in [2.05, 4.69) is 5.32 Å². The van der Waals surface area contributed by atoms with Gasteiger partial charge in [0.05, 0.1) is 30.9 Å². The zero-order valence-corrected chi connectivity index (χ0v) is 23.2. The van der Waals surface area contributed by atoms with Crippen LogP contribution in [0.4, 0.5) is 0 Å². The second-order valence-corrected chi connectivity index (χ2v) is 10.3. The Morgan fingerprint density at radius 1 is 1.00 bits per heavy atom. The lowest BCUT2D eigenvalue weighted by atomic mass is 10.0. The van der Waals surface area contributed by atoms with Crippen molar-refractivity contribution >= 4 is 23.6 Å². The van der Waals surface area contributed by atoms with Crippen LogP contribution in [0.5, 0.6) is 5.75 Å². The van der Waals surface area contributed by atoms with Crippen molar-refractivity contribution in [2.45, 2.75) is 38.5 Å². The second kappa shape index (κ2) is 12.3. The molecule has 4 amide bonds. The molecule has 0 bridgehead atoms. The molecule has 9 nitrogen and oxygen atoms in total. The van der Waals surface area contributed by atoms with Crippen LogP contribution >= 0.6 is 0 Å². The van der Waals surface area contributed by atoms with Crippen molar-refractivity contribution < 1.29 is 28.7 Å². The van der Waals surface area contributed by atoms with E-state index in [-0.39, 0.29) is 29.7 Å². The number of fused-ring (bicyclic) bond motifs is 1. The largest absolute Gasteiger partial charge is 0.496 e. The van der Waals surface area contributed by atoms with Crippen molar-refractivity contribution in [2.75, 3.05) is 26.8 Å². The highest BCUT2D eigenvalue weighted by molar-refractivity contribution is 6.22. The number of nitrogens with zero attached hydrogens (tertiary/aromatic N) is 2. The third-order valence-electron chi connectivity index (χ3n) is 7.51. The van der Waals surface area contributed by atoms with Gasteiger partial charge in [0.15, 0.2) is 0 Å². The second-order valence-electron chi connectivity index (χ2n) is 10.3. The van der Waals surface area contributed by atoms with Crippen LogP contribution in [0, 0.1) is 6.92 Å². The van der Waals surface area contributed by atoms with Gasteiger partial charge in [0.1, 0.15) is 18.3 Å². The molecule has 2 unspecified atom stereocenters. The fourth-order valence-electron chi connectivity index (χ4n) is 5.29. The van der Waals surface area contributed by atoms with Gasteiger partial charge >= 0.3 is 0 Å². The number of para-hydroxylation sites is 1. The van der Waals surface area contributed by atoms with Gasteiger partial charge in [-0.1, -0.05) is 60.2 Å². The van der Waals surface area contributed by atoms with Gasteiger partial charge in [0, 0.05) is 18.7 Å². The number of imide groups is 1. The van der Waals surface area contributed by atoms with Gasteiger partial charge in [-0.25, -0.2) is 0 Å². The molecule has 2 atom stereocenters. The number of aryl methyl sites for hydroxylation is 1. The summed E-state index contributed by atoms with van der Waals surface area (Å²) in [7, 11) is 1.54. The van der Waals surface area contributed by atoms with Crippen LogP contribution in [0.15, 0.2) is 72.8 Å². The molecule has 41 heavy (non-hydrogen) atoms. The topological polar surface area (TPSA) is 105 Å². The van der Waals surface area contributed by atoms with Crippen molar-refractivity contribution in [1.82, 2.24) is 15.1 Å². The predicted octanol–water partition coefficient (Wildman–Crippen LogP) is 3.66. The Kier molecular flexibility index (Phi) is 8.45. The van der Waals surface area contributed by atoms with E-state index >= 15 is 0 Å². The van der Waals surface area contributed by atoms with Gasteiger partial charge < -0.3 is 19.7 Å². The molecule has 3 aromatic carbocycles. The van der Waals surface area contributed by atoms with E-state index in [1.165, 1.54) is 12.0 Å². The molecular weight excluding hydrogens is 522 g/mol. The third-order valence-corrected chi connectivity index (χ3v) is 7.51. The molecule has 0 saturated carbocycles. The highest BCUT2D eigenvalue weighted by atomic mass is 16.5. The third kappa shape index (κ3) is 6.00. The number of hydrogen-bond donors (Lipinski definition) is 1. The van der Waals surface area contributed by atoms with E-state index < -0.39 is 30.3 Å². The number of methoxy groups -OCH3 is 1. The van der Waals surface area contributed by atoms with Crippen LogP contribution in [-0.2, 0) is 20.9 Å². The van der Waals surface area contributed by atoms with Gasteiger partial charge in [0.2, 0.25) is 11.8 Å². The molecule has 3 aromatic rings. The smallest absolute Gasteiger partial charge is 0.262 e. The summed E-state index contributed by atoms with van der Waals surface area (Å²) in [4.78, 5) is 56.6. The maximum absolute atomic E-state index is 14.1. The Morgan fingerprint density at radius 2 is 1.66 bits per heavy atom. The fourth-order valence-corrected chi connectivity index (χ4v) is 5.29. The first-order valence-electron chi connectivity index (χ1n) is 13.7. The Balaban J connectivity index is 1.50. The summed E-state index contributed by atoms with van der Waals surface area (Å²) in [5, 5.41) is 2.98. The Morgan fingerprint density at radius 3 is 2.29 bits per heavy atom. The summed E-state index contributed by atoms with van der Waals surface area (Å²) in [6.45, 7) is 2.41. The lowest BCUT2D eigenvalue weighted by molar-refractivity contribution is -0.142. The predicted molar refractivity (Wildman–Crippen MR) is 151 cm³/mol. The molecule has 1 N–H and O–H groups in total. The molecule has 2 aliphatic heterocycles. The minimum Gasteiger partial charge on any atom is -0.496 e. The van der Waals surface area contributed by atoms with Crippen molar-refractivity contribution in [3.8, 4) is 5.75 Å². The zero-order valence-electron chi connectivity index (χ0n) is 23.2. The highest BCUT2D eigenvalue weighted by Gasteiger charge is 2.39. The maximum Gasteiger partial charge on any atom is 0.262 e. The number of ether oxygens (including phenoxy) is 2. The summed E-state index contributed by atoms with van der Waals surface area (Å²) in [6, 6.07) is 20.1. The summed E-state index contributed by atoms with van der Waals surface area (Å²) in [6.07, 6.45) is 1.69. The summed E-state index contributed by atoms with van der Waals surface area (Å²) < 4.78 is 11.2. The standard InChI is InChI=1S/C32H33N3O6/c1-21-13-15-22(16-14-21)29(30(37)33-18-24-9-7-17-41-24)34(19-23-8-3-6-12-27(23)40-2)28(36)20-35-31(38)25-10-4-5-11-26(25)32(35)39/h3-6,8,10-16,24,29H,7,9,17-20H2,1-2H3,(H,33,37). The van der Waals surface area contributed by atoms with Crippen LogP contribution in [0.3, 0.4) is 0 Å². The van der Waals surface area contributed by atoms with Gasteiger partial charge in [0.25, 0.3) is 11.8 Å². The lowest BCUT2D eigenvalue weighted by Crippen LogP contribution is -2.48. The average molecular weight is 556 g/mol. The Labute approximate surface area is 239 Å². The fraction of sp³-hybridized carbons (Fsp3) is 0.312. The Hall–Kier alpha value is -4.50.